The van der Waals surface area contributed by atoms with E-state index < -0.39 is 0 Å². The van der Waals surface area contributed by atoms with Crippen LogP contribution < -0.4 is 4.74 Å². The van der Waals surface area contributed by atoms with Gasteiger partial charge in [0, 0.05) is 5.38 Å². The lowest BCUT2D eigenvalue weighted by Crippen LogP contribution is -2.22. The van der Waals surface area contributed by atoms with E-state index in [2.05, 4.69) is 19.1 Å². The van der Waals surface area contributed by atoms with Crippen LogP contribution in [-0.2, 0) is 6.42 Å². The molecular formula is C16H23ClO. The van der Waals surface area contributed by atoms with E-state index in [1.165, 1.54) is 31.2 Å². The summed E-state index contributed by atoms with van der Waals surface area (Å²) in [5.74, 6) is 2.50. The van der Waals surface area contributed by atoms with Crippen LogP contribution in [0.15, 0.2) is 24.3 Å². The van der Waals surface area contributed by atoms with Crippen molar-refractivity contribution < 1.29 is 4.74 Å². The first-order valence-electron chi connectivity index (χ1n) is 6.96. The maximum Gasteiger partial charge on any atom is 0.119 e. The van der Waals surface area contributed by atoms with E-state index in [1.54, 1.807) is 7.11 Å². The second kappa shape index (κ2) is 6.47. The Bertz CT molecular complexity index is 369. The molecule has 2 rings (SSSR count). The molecule has 0 N–H and O–H groups in total. The smallest absolute Gasteiger partial charge is 0.119 e. The Kier molecular flexibility index (Phi) is 4.94. The molecule has 0 spiro atoms. The number of halogens is 1. The predicted molar refractivity (Wildman–Crippen MR) is 77.5 cm³/mol. The summed E-state index contributed by atoms with van der Waals surface area (Å²) in [6.45, 7) is 2.35. The van der Waals surface area contributed by atoms with Crippen molar-refractivity contribution in [1.29, 1.82) is 0 Å². The summed E-state index contributed by atoms with van der Waals surface area (Å²) >= 11 is 6.60. The molecule has 0 aliphatic heterocycles. The Balaban J connectivity index is 1.91. The Hall–Kier alpha value is -0.690. The van der Waals surface area contributed by atoms with Crippen molar-refractivity contribution in [3.63, 3.8) is 0 Å². The molecule has 0 radical (unpaired) electrons. The number of hydrogen-bond donors (Lipinski definition) is 0. The van der Waals surface area contributed by atoms with Crippen LogP contribution in [0.3, 0.4) is 0 Å². The minimum absolute atomic E-state index is 0.268. The molecule has 1 atom stereocenters. The SMILES string of the molecule is COc1cccc(CC(Cl)C2CCC(C)CC2)c1. The van der Waals surface area contributed by atoms with Gasteiger partial charge in [0.05, 0.1) is 7.11 Å². The standard InChI is InChI=1S/C16H23ClO/c1-12-6-8-14(9-7-12)16(17)11-13-4-3-5-15(10-13)18-2/h3-5,10,12,14,16H,6-9,11H2,1-2H3. The van der Waals surface area contributed by atoms with Crippen molar-refractivity contribution in [2.45, 2.75) is 44.4 Å². The Morgan fingerprint density at radius 2 is 2.00 bits per heavy atom. The minimum Gasteiger partial charge on any atom is -0.497 e. The van der Waals surface area contributed by atoms with Crippen molar-refractivity contribution in [1.82, 2.24) is 0 Å². The summed E-state index contributed by atoms with van der Waals surface area (Å²) in [6, 6.07) is 8.26. The molecule has 0 saturated heterocycles. The Labute approximate surface area is 115 Å². The molecule has 1 aromatic carbocycles. The molecule has 1 fully saturated rings. The molecule has 18 heavy (non-hydrogen) atoms. The average Bonchev–Trinajstić information content (AvgIpc) is 2.39. The van der Waals surface area contributed by atoms with Crippen LogP contribution in [0, 0.1) is 11.8 Å². The van der Waals surface area contributed by atoms with Gasteiger partial charge in [-0.05, 0) is 48.8 Å². The highest BCUT2D eigenvalue weighted by molar-refractivity contribution is 6.20. The van der Waals surface area contributed by atoms with Crippen LogP contribution in [-0.4, -0.2) is 12.5 Å². The Morgan fingerprint density at radius 1 is 1.28 bits per heavy atom. The van der Waals surface area contributed by atoms with E-state index in [4.69, 9.17) is 16.3 Å². The fourth-order valence-electron chi connectivity index (χ4n) is 2.84. The fraction of sp³-hybridized carbons (Fsp3) is 0.625. The van der Waals surface area contributed by atoms with Crippen molar-refractivity contribution in [2.24, 2.45) is 11.8 Å². The second-order valence-electron chi connectivity index (χ2n) is 5.59. The highest BCUT2D eigenvalue weighted by Gasteiger charge is 2.24. The molecule has 0 aromatic heterocycles. The third-order valence-electron chi connectivity index (χ3n) is 4.14. The van der Waals surface area contributed by atoms with Crippen molar-refractivity contribution in [3.05, 3.63) is 29.8 Å². The van der Waals surface area contributed by atoms with E-state index in [0.29, 0.717) is 5.92 Å². The molecule has 0 heterocycles. The lowest BCUT2D eigenvalue weighted by molar-refractivity contribution is 0.281. The normalized spacial score (nSPS) is 25.7. The highest BCUT2D eigenvalue weighted by atomic mass is 35.5. The summed E-state index contributed by atoms with van der Waals surface area (Å²) in [7, 11) is 1.71. The van der Waals surface area contributed by atoms with Gasteiger partial charge < -0.3 is 4.74 Å². The molecule has 1 aliphatic rings. The van der Waals surface area contributed by atoms with Crippen LogP contribution in [0.5, 0.6) is 5.75 Å². The lowest BCUT2D eigenvalue weighted by atomic mass is 9.80. The number of ether oxygens (including phenoxy) is 1. The number of alkyl halides is 1. The summed E-state index contributed by atoms with van der Waals surface area (Å²) in [6.07, 6.45) is 6.22. The molecular weight excluding hydrogens is 244 g/mol. The zero-order valence-electron chi connectivity index (χ0n) is 11.4. The molecule has 1 aliphatic carbocycles. The summed E-state index contributed by atoms with van der Waals surface area (Å²) in [5.41, 5.74) is 1.29. The summed E-state index contributed by atoms with van der Waals surface area (Å²) in [5, 5.41) is 0.268. The highest BCUT2D eigenvalue weighted by Crippen LogP contribution is 2.34. The van der Waals surface area contributed by atoms with Crippen LogP contribution in [0.25, 0.3) is 0 Å². The van der Waals surface area contributed by atoms with E-state index in [1.807, 2.05) is 12.1 Å². The first kappa shape index (κ1) is 13.7. The van der Waals surface area contributed by atoms with E-state index in [-0.39, 0.29) is 5.38 Å². The van der Waals surface area contributed by atoms with E-state index >= 15 is 0 Å². The van der Waals surface area contributed by atoms with Gasteiger partial charge in [-0.3, -0.25) is 0 Å². The van der Waals surface area contributed by atoms with Crippen LogP contribution in [0.2, 0.25) is 0 Å². The second-order valence-corrected chi connectivity index (χ2v) is 6.15. The van der Waals surface area contributed by atoms with Crippen LogP contribution in [0.1, 0.15) is 38.2 Å². The molecule has 0 bridgehead atoms. The minimum atomic E-state index is 0.268. The largest absolute Gasteiger partial charge is 0.497 e. The van der Waals surface area contributed by atoms with Gasteiger partial charge >= 0.3 is 0 Å². The topological polar surface area (TPSA) is 9.23 Å². The summed E-state index contributed by atoms with van der Waals surface area (Å²) < 4.78 is 5.25. The van der Waals surface area contributed by atoms with Gasteiger partial charge in [-0.25, -0.2) is 0 Å². The number of methoxy groups -OCH3 is 1. The van der Waals surface area contributed by atoms with Crippen molar-refractivity contribution in [3.8, 4) is 5.75 Å². The van der Waals surface area contributed by atoms with Gasteiger partial charge in [0.15, 0.2) is 0 Å². The average molecular weight is 267 g/mol. The molecule has 1 saturated carbocycles. The first-order valence-corrected chi connectivity index (χ1v) is 7.39. The fourth-order valence-corrected chi connectivity index (χ4v) is 3.27. The zero-order chi connectivity index (χ0) is 13.0. The number of benzene rings is 1. The van der Waals surface area contributed by atoms with Gasteiger partial charge in [0.1, 0.15) is 5.75 Å². The monoisotopic (exact) mass is 266 g/mol. The van der Waals surface area contributed by atoms with Gasteiger partial charge in [0.25, 0.3) is 0 Å². The van der Waals surface area contributed by atoms with Crippen LogP contribution in [0.4, 0.5) is 0 Å². The summed E-state index contributed by atoms with van der Waals surface area (Å²) in [4.78, 5) is 0. The lowest BCUT2D eigenvalue weighted by Gasteiger charge is -2.29. The zero-order valence-corrected chi connectivity index (χ0v) is 12.1. The first-order chi connectivity index (χ1) is 8.69. The van der Waals surface area contributed by atoms with Gasteiger partial charge in [-0.2, -0.15) is 0 Å². The quantitative estimate of drug-likeness (QED) is 0.720. The third-order valence-corrected chi connectivity index (χ3v) is 4.65. The predicted octanol–water partition coefficient (Wildman–Crippen LogP) is 4.67. The molecule has 1 nitrogen and oxygen atoms in total. The van der Waals surface area contributed by atoms with Gasteiger partial charge in [0.2, 0.25) is 0 Å². The number of rotatable bonds is 4. The molecule has 1 unspecified atom stereocenters. The number of hydrogen-bond acceptors (Lipinski definition) is 1. The van der Waals surface area contributed by atoms with Crippen molar-refractivity contribution in [2.75, 3.05) is 7.11 Å². The Morgan fingerprint density at radius 3 is 2.67 bits per heavy atom. The molecule has 100 valence electrons. The molecule has 0 amide bonds. The molecule has 1 aromatic rings. The van der Waals surface area contributed by atoms with Crippen molar-refractivity contribution >= 4 is 11.6 Å². The van der Waals surface area contributed by atoms with Crippen LogP contribution >= 0.6 is 11.6 Å². The molecule has 2 heteroatoms. The van der Waals surface area contributed by atoms with Gasteiger partial charge in [-0.15, -0.1) is 11.6 Å². The van der Waals surface area contributed by atoms with Gasteiger partial charge in [-0.1, -0.05) is 31.9 Å². The third kappa shape index (κ3) is 3.65. The van der Waals surface area contributed by atoms with E-state index in [9.17, 15) is 0 Å². The van der Waals surface area contributed by atoms with E-state index in [0.717, 1.165) is 18.1 Å². The maximum atomic E-state index is 6.60. The maximum absolute atomic E-state index is 6.60.